The summed E-state index contributed by atoms with van der Waals surface area (Å²) in [5, 5.41) is 2.99. The Balaban J connectivity index is 2.20. The Morgan fingerprint density at radius 2 is 2.24 bits per heavy atom. The van der Waals surface area contributed by atoms with Crippen molar-refractivity contribution in [3.63, 3.8) is 0 Å². The molecule has 1 amide bonds. The van der Waals surface area contributed by atoms with Gasteiger partial charge < -0.3 is 15.0 Å². The lowest BCUT2D eigenvalue weighted by Gasteiger charge is -2.19. The highest BCUT2D eigenvalue weighted by atomic mass is 16.5. The van der Waals surface area contributed by atoms with Gasteiger partial charge in [-0.3, -0.25) is 4.79 Å². The van der Waals surface area contributed by atoms with E-state index in [1.165, 1.54) is 0 Å². The zero-order valence-electron chi connectivity index (χ0n) is 10.5. The van der Waals surface area contributed by atoms with Crippen molar-refractivity contribution in [3.05, 3.63) is 29.3 Å². The molecule has 17 heavy (non-hydrogen) atoms. The molecule has 0 bridgehead atoms. The molecule has 1 atom stereocenters. The van der Waals surface area contributed by atoms with E-state index in [1.54, 1.807) is 0 Å². The van der Waals surface area contributed by atoms with Gasteiger partial charge in [0.05, 0.1) is 11.6 Å². The predicted molar refractivity (Wildman–Crippen MR) is 66.5 cm³/mol. The fourth-order valence-corrected chi connectivity index (χ4v) is 1.98. The van der Waals surface area contributed by atoms with Crippen molar-refractivity contribution in [2.24, 2.45) is 0 Å². The SMILES string of the molecule is Cc1ccc2c(c1)C(=O)NC(CN(C)C)CO2. The molecule has 1 unspecified atom stereocenters. The average molecular weight is 234 g/mol. The maximum atomic E-state index is 12.0. The summed E-state index contributed by atoms with van der Waals surface area (Å²) >= 11 is 0. The van der Waals surface area contributed by atoms with Crippen molar-refractivity contribution in [1.29, 1.82) is 0 Å². The van der Waals surface area contributed by atoms with E-state index in [-0.39, 0.29) is 11.9 Å². The van der Waals surface area contributed by atoms with E-state index in [9.17, 15) is 4.79 Å². The normalized spacial score (nSPS) is 19.3. The van der Waals surface area contributed by atoms with Crippen molar-refractivity contribution in [1.82, 2.24) is 10.2 Å². The van der Waals surface area contributed by atoms with Crippen molar-refractivity contribution in [3.8, 4) is 5.75 Å². The van der Waals surface area contributed by atoms with Gasteiger partial charge in [-0.2, -0.15) is 0 Å². The number of nitrogens with zero attached hydrogens (tertiary/aromatic N) is 1. The molecule has 1 aromatic rings. The molecular weight excluding hydrogens is 216 g/mol. The first kappa shape index (κ1) is 11.9. The van der Waals surface area contributed by atoms with Crippen molar-refractivity contribution < 1.29 is 9.53 Å². The van der Waals surface area contributed by atoms with Crippen LogP contribution in [0.5, 0.6) is 5.75 Å². The number of benzene rings is 1. The van der Waals surface area contributed by atoms with Gasteiger partial charge in [0.15, 0.2) is 0 Å². The monoisotopic (exact) mass is 234 g/mol. The molecule has 1 N–H and O–H groups in total. The molecule has 92 valence electrons. The van der Waals surface area contributed by atoms with Crippen LogP contribution in [0.25, 0.3) is 0 Å². The van der Waals surface area contributed by atoms with E-state index >= 15 is 0 Å². The second-order valence-corrected chi connectivity index (χ2v) is 4.74. The molecule has 4 heteroatoms. The van der Waals surface area contributed by atoms with Gasteiger partial charge >= 0.3 is 0 Å². The molecule has 0 aliphatic carbocycles. The van der Waals surface area contributed by atoms with E-state index in [1.807, 2.05) is 44.1 Å². The summed E-state index contributed by atoms with van der Waals surface area (Å²) in [7, 11) is 3.96. The van der Waals surface area contributed by atoms with Crippen LogP contribution in [0.1, 0.15) is 15.9 Å². The van der Waals surface area contributed by atoms with Gasteiger partial charge in [-0.1, -0.05) is 11.6 Å². The van der Waals surface area contributed by atoms with Crippen LogP contribution < -0.4 is 10.1 Å². The minimum Gasteiger partial charge on any atom is -0.491 e. The molecule has 1 heterocycles. The Morgan fingerprint density at radius 1 is 1.47 bits per heavy atom. The lowest BCUT2D eigenvalue weighted by Crippen LogP contribution is -2.43. The lowest BCUT2D eigenvalue weighted by atomic mass is 10.1. The number of amides is 1. The van der Waals surface area contributed by atoms with Crippen LogP contribution in [0.4, 0.5) is 0 Å². The van der Waals surface area contributed by atoms with E-state index in [0.717, 1.165) is 12.1 Å². The van der Waals surface area contributed by atoms with Gasteiger partial charge in [-0.05, 0) is 33.2 Å². The summed E-state index contributed by atoms with van der Waals surface area (Å²) in [6.07, 6.45) is 0. The fourth-order valence-electron chi connectivity index (χ4n) is 1.98. The number of nitrogens with one attached hydrogen (secondary N) is 1. The number of hydrogen-bond donors (Lipinski definition) is 1. The molecule has 2 rings (SSSR count). The van der Waals surface area contributed by atoms with Gasteiger partial charge in [-0.25, -0.2) is 0 Å². The first-order valence-corrected chi connectivity index (χ1v) is 5.75. The standard InChI is InChI=1S/C13H18N2O2/c1-9-4-5-12-11(6-9)13(16)14-10(8-17-12)7-15(2)3/h4-6,10H,7-8H2,1-3H3,(H,14,16). The van der Waals surface area contributed by atoms with E-state index in [0.29, 0.717) is 17.9 Å². The van der Waals surface area contributed by atoms with E-state index in [2.05, 4.69) is 5.32 Å². The molecule has 4 nitrogen and oxygen atoms in total. The number of carbonyl (C=O) groups is 1. The van der Waals surface area contributed by atoms with Crippen LogP contribution >= 0.6 is 0 Å². The molecule has 0 spiro atoms. The summed E-state index contributed by atoms with van der Waals surface area (Å²) in [6.45, 7) is 3.26. The van der Waals surface area contributed by atoms with Crippen molar-refractivity contribution in [2.45, 2.75) is 13.0 Å². The van der Waals surface area contributed by atoms with Gasteiger partial charge in [0.1, 0.15) is 12.4 Å². The second-order valence-electron chi connectivity index (χ2n) is 4.74. The highest BCUT2D eigenvalue weighted by molar-refractivity contribution is 5.97. The minimum atomic E-state index is -0.0481. The zero-order chi connectivity index (χ0) is 12.4. The van der Waals surface area contributed by atoms with Gasteiger partial charge in [0.2, 0.25) is 0 Å². The average Bonchev–Trinajstić information content (AvgIpc) is 2.39. The molecule has 0 radical (unpaired) electrons. The van der Waals surface area contributed by atoms with Gasteiger partial charge in [0, 0.05) is 6.54 Å². The predicted octanol–water partition coefficient (Wildman–Crippen LogP) is 1.05. The summed E-state index contributed by atoms with van der Waals surface area (Å²) in [5.41, 5.74) is 1.69. The summed E-state index contributed by atoms with van der Waals surface area (Å²) in [6, 6.07) is 5.72. The van der Waals surface area contributed by atoms with E-state index < -0.39 is 0 Å². The number of aryl methyl sites for hydroxylation is 1. The Morgan fingerprint density at radius 3 is 2.94 bits per heavy atom. The quantitative estimate of drug-likeness (QED) is 0.831. The van der Waals surface area contributed by atoms with Crippen molar-refractivity contribution in [2.75, 3.05) is 27.2 Å². The Labute approximate surface area is 102 Å². The Hall–Kier alpha value is -1.55. The highest BCUT2D eigenvalue weighted by Gasteiger charge is 2.22. The molecule has 0 aromatic heterocycles. The summed E-state index contributed by atoms with van der Waals surface area (Å²) < 4.78 is 5.68. The largest absolute Gasteiger partial charge is 0.491 e. The van der Waals surface area contributed by atoms with Gasteiger partial charge in [-0.15, -0.1) is 0 Å². The molecular formula is C13H18N2O2. The molecule has 0 saturated heterocycles. The summed E-state index contributed by atoms with van der Waals surface area (Å²) in [4.78, 5) is 14.1. The maximum absolute atomic E-state index is 12.0. The molecule has 1 aliphatic rings. The number of fused-ring (bicyclic) bond motifs is 1. The number of hydrogen-bond acceptors (Lipinski definition) is 3. The van der Waals surface area contributed by atoms with Crippen LogP contribution in [0.3, 0.4) is 0 Å². The number of rotatable bonds is 2. The molecule has 0 saturated carbocycles. The second kappa shape index (κ2) is 4.75. The highest BCUT2D eigenvalue weighted by Crippen LogP contribution is 2.22. The molecule has 0 fully saturated rings. The first-order chi connectivity index (χ1) is 8.06. The topological polar surface area (TPSA) is 41.6 Å². The maximum Gasteiger partial charge on any atom is 0.255 e. The number of carbonyl (C=O) groups excluding carboxylic acids is 1. The van der Waals surface area contributed by atoms with Crippen LogP contribution in [0, 0.1) is 6.92 Å². The van der Waals surface area contributed by atoms with Crippen LogP contribution in [0.15, 0.2) is 18.2 Å². The summed E-state index contributed by atoms with van der Waals surface area (Å²) in [5.74, 6) is 0.627. The third kappa shape index (κ3) is 2.77. The Kier molecular flexibility index (Phi) is 3.33. The Bertz CT molecular complexity index is 429. The molecule has 1 aliphatic heterocycles. The van der Waals surface area contributed by atoms with E-state index in [4.69, 9.17) is 4.74 Å². The van der Waals surface area contributed by atoms with Crippen LogP contribution in [-0.2, 0) is 0 Å². The molecule has 1 aromatic carbocycles. The minimum absolute atomic E-state index is 0.0326. The lowest BCUT2D eigenvalue weighted by molar-refractivity contribution is 0.0931. The van der Waals surface area contributed by atoms with Crippen LogP contribution in [0.2, 0.25) is 0 Å². The smallest absolute Gasteiger partial charge is 0.255 e. The fraction of sp³-hybridized carbons (Fsp3) is 0.462. The van der Waals surface area contributed by atoms with Gasteiger partial charge in [0.25, 0.3) is 5.91 Å². The number of ether oxygens (including phenoxy) is 1. The zero-order valence-corrected chi connectivity index (χ0v) is 10.5. The van der Waals surface area contributed by atoms with Crippen LogP contribution in [-0.4, -0.2) is 44.1 Å². The number of likely N-dealkylation sites (N-methyl/N-ethyl adjacent to an activating group) is 1. The third-order valence-corrected chi connectivity index (χ3v) is 2.74. The third-order valence-electron chi connectivity index (χ3n) is 2.74. The van der Waals surface area contributed by atoms with Crippen molar-refractivity contribution >= 4 is 5.91 Å². The first-order valence-electron chi connectivity index (χ1n) is 5.75.